The van der Waals surface area contributed by atoms with Crippen molar-refractivity contribution in [1.82, 2.24) is 0 Å². The summed E-state index contributed by atoms with van der Waals surface area (Å²) in [5, 5.41) is 8.23. The van der Waals surface area contributed by atoms with E-state index >= 15 is 0 Å². The summed E-state index contributed by atoms with van der Waals surface area (Å²) < 4.78 is 24.1. The van der Waals surface area contributed by atoms with E-state index in [1.807, 2.05) is 18.2 Å². The predicted molar refractivity (Wildman–Crippen MR) is 68.0 cm³/mol. The Kier molecular flexibility index (Phi) is 2.81. The molecule has 1 fully saturated rings. The van der Waals surface area contributed by atoms with Gasteiger partial charge in [-0.15, -0.1) is 0 Å². The fourth-order valence-electron chi connectivity index (χ4n) is 2.23. The molecule has 0 aromatic heterocycles. The highest BCUT2D eigenvalue weighted by molar-refractivity contribution is 9.10. The van der Waals surface area contributed by atoms with Crippen LogP contribution in [0.25, 0.3) is 0 Å². The number of sulfone groups is 1. The van der Waals surface area contributed by atoms with Gasteiger partial charge in [0.15, 0.2) is 9.84 Å². The monoisotopic (exact) mass is 314 g/mol. The molecule has 1 aliphatic carbocycles. The molecule has 0 bridgehead atoms. The first-order valence-corrected chi connectivity index (χ1v) is 7.70. The van der Waals surface area contributed by atoms with Gasteiger partial charge in [0.05, 0.1) is 6.07 Å². The molecular weight excluding hydrogens is 304 g/mol. The van der Waals surface area contributed by atoms with Crippen LogP contribution in [0.15, 0.2) is 28.7 Å². The molecule has 3 unspecified atom stereocenters. The highest BCUT2D eigenvalue weighted by atomic mass is 79.9. The second-order valence-corrected chi connectivity index (χ2v) is 7.41. The van der Waals surface area contributed by atoms with Crippen molar-refractivity contribution < 1.29 is 8.42 Å². The van der Waals surface area contributed by atoms with Gasteiger partial charge in [-0.25, -0.2) is 8.42 Å². The van der Waals surface area contributed by atoms with Crippen molar-refractivity contribution in [2.75, 3.05) is 6.26 Å². The minimum absolute atomic E-state index is 0.435. The van der Waals surface area contributed by atoms with Crippen LogP contribution in [0.5, 0.6) is 0 Å². The molecule has 6 heteroatoms. The summed E-state index contributed by atoms with van der Waals surface area (Å²) in [4.78, 5) is 0. The summed E-state index contributed by atoms with van der Waals surface area (Å²) in [7, 11) is -3.32. The zero-order valence-electron chi connectivity index (χ0n) is 9.09. The first kappa shape index (κ1) is 12.6. The van der Waals surface area contributed by atoms with E-state index in [9.17, 15) is 8.42 Å². The van der Waals surface area contributed by atoms with Crippen LogP contribution >= 0.6 is 15.9 Å². The van der Waals surface area contributed by atoms with Gasteiger partial charge in [-0.2, -0.15) is 5.26 Å². The van der Waals surface area contributed by atoms with Crippen LogP contribution in [0.1, 0.15) is 11.5 Å². The number of hydrogen-bond acceptors (Lipinski definition) is 4. The van der Waals surface area contributed by atoms with Crippen LogP contribution in [-0.4, -0.2) is 25.5 Å². The third kappa shape index (κ3) is 1.99. The van der Waals surface area contributed by atoms with Gasteiger partial charge in [-0.3, -0.25) is 0 Å². The molecular formula is C11H11BrN2O2S. The van der Waals surface area contributed by atoms with Crippen LogP contribution in [0.3, 0.4) is 0 Å². The van der Waals surface area contributed by atoms with Crippen LogP contribution in [0.4, 0.5) is 0 Å². The molecule has 0 spiro atoms. The molecule has 0 aliphatic heterocycles. The van der Waals surface area contributed by atoms with Crippen LogP contribution < -0.4 is 5.73 Å². The fraction of sp³-hybridized carbons (Fsp3) is 0.364. The van der Waals surface area contributed by atoms with Crippen molar-refractivity contribution >= 4 is 25.8 Å². The van der Waals surface area contributed by atoms with E-state index in [0.29, 0.717) is 0 Å². The van der Waals surface area contributed by atoms with E-state index in [1.165, 1.54) is 0 Å². The number of nitriles is 1. The maximum atomic E-state index is 11.6. The Morgan fingerprint density at radius 3 is 2.29 bits per heavy atom. The smallest absolute Gasteiger partial charge is 0.153 e. The van der Waals surface area contributed by atoms with E-state index in [0.717, 1.165) is 16.3 Å². The van der Waals surface area contributed by atoms with Gasteiger partial charge in [-0.05, 0) is 17.7 Å². The molecule has 1 aromatic rings. The fourth-order valence-corrected chi connectivity index (χ4v) is 4.20. The van der Waals surface area contributed by atoms with E-state index in [-0.39, 0.29) is 0 Å². The molecule has 0 heterocycles. The average Bonchev–Trinajstić information content (AvgIpc) is 2.87. The molecule has 1 aliphatic rings. The Hall–Kier alpha value is -0.900. The van der Waals surface area contributed by atoms with Crippen molar-refractivity contribution in [3.8, 4) is 6.07 Å². The quantitative estimate of drug-likeness (QED) is 0.888. The molecule has 0 saturated heterocycles. The van der Waals surface area contributed by atoms with Gasteiger partial charge < -0.3 is 5.73 Å². The van der Waals surface area contributed by atoms with Gasteiger partial charge >= 0.3 is 0 Å². The summed E-state index contributed by atoms with van der Waals surface area (Å²) in [6, 6.07) is 9.12. The molecule has 17 heavy (non-hydrogen) atoms. The highest BCUT2D eigenvalue weighted by Crippen LogP contribution is 2.53. The Balaban J connectivity index is 2.42. The van der Waals surface area contributed by atoms with Crippen LogP contribution in [-0.2, 0) is 9.84 Å². The van der Waals surface area contributed by atoms with Gasteiger partial charge in [0.25, 0.3) is 0 Å². The van der Waals surface area contributed by atoms with Gasteiger partial charge in [0, 0.05) is 16.6 Å². The molecule has 2 rings (SSSR count). The van der Waals surface area contributed by atoms with Crippen LogP contribution in [0.2, 0.25) is 0 Å². The lowest BCUT2D eigenvalue weighted by atomic mass is 10.1. The molecule has 3 atom stereocenters. The van der Waals surface area contributed by atoms with Crippen molar-refractivity contribution in [1.29, 1.82) is 5.26 Å². The lowest BCUT2D eigenvalue weighted by Crippen LogP contribution is -2.28. The molecule has 0 amide bonds. The zero-order chi connectivity index (χ0) is 12.8. The Labute approximate surface area is 108 Å². The van der Waals surface area contributed by atoms with Crippen molar-refractivity contribution in [3.63, 3.8) is 0 Å². The van der Waals surface area contributed by atoms with E-state index in [1.54, 1.807) is 12.1 Å². The third-order valence-electron chi connectivity index (χ3n) is 3.06. The number of halogens is 1. The minimum atomic E-state index is -3.32. The Bertz CT molecular complexity index is 591. The third-order valence-corrected chi connectivity index (χ3v) is 5.18. The van der Waals surface area contributed by atoms with Gasteiger partial charge in [-0.1, -0.05) is 28.1 Å². The van der Waals surface area contributed by atoms with Gasteiger partial charge in [0.1, 0.15) is 10.8 Å². The maximum Gasteiger partial charge on any atom is 0.153 e. The molecule has 90 valence electrons. The number of nitrogens with two attached hydrogens (primary N) is 1. The molecule has 1 aromatic carbocycles. The highest BCUT2D eigenvalue weighted by Gasteiger charge is 2.69. The summed E-state index contributed by atoms with van der Waals surface area (Å²) in [6.45, 7) is 0. The van der Waals surface area contributed by atoms with E-state index < -0.39 is 26.5 Å². The number of nitrogens with zero attached hydrogens (tertiary/aromatic N) is 1. The Morgan fingerprint density at radius 2 is 1.94 bits per heavy atom. The van der Waals surface area contributed by atoms with Gasteiger partial charge in [0.2, 0.25) is 0 Å². The van der Waals surface area contributed by atoms with Crippen molar-refractivity contribution in [2.45, 2.75) is 16.7 Å². The first-order valence-electron chi connectivity index (χ1n) is 4.95. The summed E-state index contributed by atoms with van der Waals surface area (Å²) in [6.07, 6.45) is 1.12. The van der Waals surface area contributed by atoms with E-state index in [2.05, 4.69) is 15.9 Å². The average molecular weight is 315 g/mol. The number of rotatable bonds is 2. The minimum Gasteiger partial charge on any atom is -0.312 e. The summed E-state index contributed by atoms with van der Waals surface area (Å²) in [5.74, 6) is -0.435. The molecule has 1 saturated carbocycles. The number of hydrogen-bond donors (Lipinski definition) is 1. The molecule has 2 N–H and O–H groups in total. The zero-order valence-corrected chi connectivity index (χ0v) is 11.5. The SMILES string of the molecule is CS(=O)(=O)C1C(c2ccc(Br)cc2)C1(N)C#N. The lowest BCUT2D eigenvalue weighted by Gasteiger charge is -2.00. The number of benzene rings is 1. The molecule has 0 radical (unpaired) electrons. The largest absolute Gasteiger partial charge is 0.312 e. The molecule has 4 nitrogen and oxygen atoms in total. The summed E-state index contributed by atoms with van der Waals surface area (Å²) >= 11 is 3.30. The second-order valence-electron chi connectivity index (χ2n) is 4.32. The first-order chi connectivity index (χ1) is 7.80. The van der Waals surface area contributed by atoms with Crippen molar-refractivity contribution in [2.24, 2.45) is 5.73 Å². The Morgan fingerprint density at radius 1 is 1.41 bits per heavy atom. The second kappa shape index (κ2) is 3.80. The van der Waals surface area contributed by atoms with Crippen LogP contribution in [0, 0.1) is 11.3 Å². The predicted octanol–water partition coefficient (Wildman–Crippen LogP) is 1.18. The normalized spacial score (nSPS) is 31.9. The topological polar surface area (TPSA) is 83.9 Å². The lowest BCUT2D eigenvalue weighted by molar-refractivity contribution is 0.597. The standard InChI is InChI=1S/C11H11BrN2O2S/c1-17(15,16)10-9(11(10,14)6-13)7-2-4-8(12)5-3-7/h2-5,9-10H,14H2,1H3. The maximum absolute atomic E-state index is 11.6. The van der Waals surface area contributed by atoms with Crippen molar-refractivity contribution in [3.05, 3.63) is 34.3 Å². The summed E-state index contributed by atoms with van der Waals surface area (Å²) in [5.41, 5.74) is 5.33. The van der Waals surface area contributed by atoms with E-state index in [4.69, 9.17) is 11.0 Å².